The maximum atomic E-state index is 12.8. The molecule has 3 rings (SSSR count). The number of amides is 2. The largest absolute Gasteiger partial charge is 0.451 e. The fourth-order valence-electron chi connectivity index (χ4n) is 2.70. The zero-order chi connectivity index (χ0) is 19.4. The first-order chi connectivity index (χ1) is 12.9. The van der Waals surface area contributed by atoms with Crippen molar-refractivity contribution in [1.29, 1.82) is 0 Å². The van der Waals surface area contributed by atoms with Gasteiger partial charge in [0.2, 0.25) is 5.91 Å². The van der Waals surface area contributed by atoms with Crippen LogP contribution in [0.4, 0.5) is 11.4 Å². The van der Waals surface area contributed by atoms with Crippen LogP contribution in [0.3, 0.4) is 0 Å². The molecule has 0 aliphatic heterocycles. The van der Waals surface area contributed by atoms with Crippen molar-refractivity contribution in [3.05, 3.63) is 59.9 Å². The van der Waals surface area contributed by atoms with Gasteiger partial charge in [-0.05, 0) is 44.2 Å². The maximum absolute atomic E-state index is 12.8. The molecule has 0 unspecified atom stereocenters. The minimum Gasteiger partial charge on any atom is -0.451 e. The molecule has 0 atom stereocenters. The molecular weight excluding hydrogens is 344 g/mol. The topological polar surface area (TPSA) is 80.6 Å². The van der Waals surface area contributed by atoms with Crippen LogP contribution < -0.4 is 10.6 Å². The molecule has 6 nitrogen and oxygen atoms in total. The Labute approximate surface area is 157 Å². The van der Waals surface area contributed by atoms with Crippen LogP contribution in [0.5, 0.6) is 0 Å². The van der Waals surface area contributed by atoms with Gasteiger partial charge < -0.3 is 19.8 Å². The summed E-state index contributed by atoms with van der Waals surface area (Å²) < 4.78 is 11.5. The van der Waals surface area contributed by atoms with E-state index in [1.807, 2.05) is 38.1 Å². The van der Waals surface area contributed by atoms with Crippen molar-refractivity contribution in [1.82, 2.24) is 0 Å². The lowest BCUT2D eigenvalue weighted by atomic mass is 10.1. The summed E-state index contributed by atoms with van der Waals surface area (Å²) in [4.78, 5) is 23.9. The summed E-state index contributed by atoms with van der Waals surface area (Å²) in [6, 6.07) is 14.4. The van der Waals surface area contributed by atoms with E-state index in [9.17, 15) is 9.59 Å². The van der Waals surface area contributed by atoms with Crippen LogP contribution in [0.1, 0.15) is 36.9 Å². The van der Waals surface area contributed by atoms with Gasteiger partial charge in [-0.25, -0.2) is 0 Å². The molecule has 0 aliphatic carbocycles. The van der Waals surface area contributed by atoms with Gasteiger partial charge in [-0.1, -0.05) is 18.2 Å². The molecule has 1 heterocycles. The average Bonchev–Trinajstić information content (AvgIpc) is 3.00. The quantitative estimate of drug-likeness (QED) is 0.670. The van der Waals surface area contributed by atoms with E-state index >= 15 is 0 Å². The zero-order valence-electron chi connectivity index (χ0n) is 15.5. The summed E-state index contributed by atoms with van der Waals surface area (Å²) in [5.41, 5.74) is 2.64. The van der Waals surface area contributed by atoms with Crippen LogP contribution in [0.25, 0.3) is 11.0 Å². The Kier molecular flexibility index (Phi) is 5.57. The van der Waals surface area contributed by atoms with Crippen LogP contribution in [-0.4, -0.2) is 17.9 Å². The Morgan fingerprint density at radius 3 is 2.26 bits per heavy atom. The summed E-state index contributed by atoms with van der Waals surface area (Å²) >= 11 is 0. The number of carbonyl (C=O) groups excluding carboxylic acids is 2. The van der Waals surface area contributed by atoms with Crippen LogP contribution in [0.2, 0.25) is 0 Å². The van der Waals surface area contributed by atoms with E-state index in [1.54, 1.807) is 24.3 Å². The number of nitrogens with one attached hydrogen (secondary N) is 2. The smallest absolute Gasteiger partial charge is 0.291 e. The van der Waals surface area contributed by atoms with E-state index in [1.165, 1.54) is 6.92 Å². The van der Waals surface area contributed by atoms with E-state index in [4.69, 9.17) is 9.15 Å². The van der Waals surface area contributed by atoms with Gasteiger partial charge in [0, 0.05) is 29.2 Å². The van der Waals surface area contributed by atoms with Gasteiger partial charge in [-0.3, -0.25) is 9.59 Å². The third-order valence-electron chi connectivity index (χ3n) is 3.93. The molecule has 1 aromatic heterocycles. The van der Waals surface area contributed by atoms with Gasteiger partial charge in [-0.2, -0.15) is 0 Å². The molecule has 0 fully saturated rings. The molecule has 0 saturated heterocycles. The molecule has 140 valence electrons. The predicted molar refractivity (Wildman–Crippen MR) is 105 cm³/mol. The summed E-state index contributed by atoms with van der Waals surface area (Å²) in [5, 5.41) is 6.38. The molecule has 6 heteroatoms. The fraction of sp³-hybridized carbons (Fsp3) is 0.238. The summed E-state index contributed by atoms with van der Waals surface area (Å²) in [5.74, 6) is -0.257. The van der Waals surface area contributed by atoms with E-state index < -0.39 is 0 Å². The third kappa shape index (κ3) is 4.54. The van der Waals surface area contributed by atoms with Gasteiger partial charge in [-0.15, -0.1) is 0 Å². The molecule has 2 aromatic carbocycles. The van der Waals surface area contributed by atoms with Crippen molar-refractivity contribution in [2.24, 2.45) is 0 Å². The Morgan fingerprint density at radius 1 is 1.00 bits per heavy atom. The number of furan rings is 1. The summed E-state index contributed by atoms with van der Waals surface area (Å²) in [7, 11) is 0. The Bertz CT molecular complexity index is 958. The van der Waals surface area contributed by atoms with Gasteiger partial charge in [0.05, 0.1) is 12.7 Å². The number of hydrogen-bond donors (Lipinski definition) is 2. The molecule has 0 bridgehead atoms. The standard InChI is InChI=1S/C21H22N2O4/c1-13(2)26-12-18-17-6-4-5-7-19(17)27-20(18)21(25)23-16-10-8-15(9-11-16)22-14(3)24/h4-11,13H,12H2,1-3H3,(H,22,24)(H,23,25). The number of hydrogen-bond acceptors (Lipinski definition) is 4. The molecule has 0 aliphatic rings. The third-order valence-corrected chi connectivity index (χ3v) is 3.93. The van der Waals surface area contributed by atoms with Crippen molar-refractivity contribution in [2.75, 3.05) is 10.6 Å². The second-order valence-electron chi connectivity index (χ2n) is 6.48. The minimum atomic E-state index is -0.346. The summed E-state index contributed by atoms with van der Waals surface area (Å²) in [6.07, 6.45) is 0.0379. The molecule has 2 N–H and O–H groups in total. The predicted octanol–water partition coefficient (Wildman–Crippen LogP) is 4.57. The highest BCUT2D eigenvalue weighted by molar-refractivity contribution is 6.06. The lowest BCUT2D eigenvalue weighted by molar-refractivity contribution is -0.114. The summed E-state index contributed by atoms with van der Waals surface area (Å²) in [6.45, 7) is 5.62. The minimum absolute atomic E-state index is 0.0379. The van der Waals surface area contributed by atoms with Gasteiger partial charge >= 0.3 is 0 Å². The molecule has 2 amide bonds. The number of ether oxygens (including phenoxy) is 1. The van der Waals surface area contributed by atoms with Crippen LogP contribution in [-0.2, 0) is 16.1 Å². The number of anilines is 2. The number of fused-ring (bicyclic) bond motifs is 1. The highest BCUT2D eigenvalue weighted by atomic mass is 16.5. The normalized spacial score (nSPS) is 11.0. The highest BCUT2D eigenvalue weighted by Crippen LogP contribution is 2.28. The van der Waals surface area contributed by atoms with Gasteiger partial charge in [0.15, 0.2) is 5.76 Å². The molecule has 0 radical (unpaired) electrons. The van der Waals surface area contributed by atoms with Crippen molar-refractivity contribution in [2.45, 2.75) is 33.5 Å². The Morgan fingerprint density at radius 2 is 1.63 bits per heavy atom. The second kappa shape index (κ2) is 8.05. The first kappa shape index (κ1) is 18.7. The zero-order valence-corrected chi connectivity index (χ0v) is 15.5. The van der Waals surface area contributed by atoms with Crippen molar-refractivity contribution in [3.8, 4) is 0 Å². The molecule has 3 aromatic rings. The van der Waals surface area contributed by atoms with Gasteiger partial charge in [0.1, 0.15) is 5.58 Å². The lowest BCUT2D eigenvalue weighted by Gasteiger charge is -2.09. The van der Waals surface area contributed by atoms with Crippen LogP contribution in [0, 0.1) is 0 Å². The first-order valence-electron chi connectivity index (χ1n) is 8.75. The number of rotatable bonds is 6. The fourth-order valence-corrected chi connectivity index (χ4v) is 2.70. The van der Waals surface area contributed by atoms with E-state index in [2.05, 4.69) is 10.6 Å². The highest BCUT2D eigenvalue weighted by Gasteiger charge is 2.21. The Balaban J connectivity index is 1.84. The number of benzene rings is 2. The van der Waals surface area contributed by atoms with Crippen molar-refractivity contribution < 1.29 is 18.7 Å². The SMILES string of the molecule is CC(=O)Nc1ccc(NC(=O)c2oc3ccccc3c2COC(C)C)cc1. The second-order valence-corrected chi connectivity index (χ2v) is 6.48. The molecular formula is C21H22N2O4. The monoisotopic (exact) mass is 366 g/mol. The van der Waals surface area contributed by atoms with Gasteiger partial charge in [0.25, 0.3) is 5.91 Å². The number of carbonyl (C=O) groups is 2. The molecule has 0 spiro atoms. The van der Waals surface area contributed by atoms with Crippen molar-refractivity contribution >= 4 is 34.2 Å². The lowest BCUT2D eigenvalue weighted by Crippen LogP contribution is -2.14. The van der Waals surface area contributed by atoms with E-state index in [0.717, 1.165) is 10.9 Å². The maximum Gasteiger partial charge on any atom is 0.291 e. The first-order valence-corrected chi connectivity index (χ1v) is 8.75. The molecule has 0 saturated carbocycles. The molecule has 27 heavy (non-hydrogen) atoms. The van der Waals surface area contributed by atoms with Crippen molar-refractivity contribution in [3.63, 3.8) is 0 Å². The number of para-hydroxylation sites is 1. The van der Waals surface area contributed by atoms with E-state index in [0.29, 0.717) is 23.6 Å². The Hall–Kier alpha value is -3.12. The van der Waals surface area contributed by atoms with Crippen LogP contribution in [0.15, 0.2) is 52.9 Å². The average molecular weight is 366 g/mol. The van der Waals surface area contributed by atoms with E-state index in [-0.39, 0.29) is 23.7 Å². The van der Waals surface area contributed by atoms with Crippen LogP contribution >= 0.6 is 0 Å².